The van der Waals surface area contributed by atoms with E-state index in [9.17, 15) is 0 Å². The maximum atomic E-state index is 5.01. The Morgan fingerprint density at radius 2 is 2.20 bits per heavy atom. The van der Waals surface area contributed by atoms with Gasteiger partial charge < -0.3 is 0 Å². The first-order valence-electron chi connectivity index (χ1n) is 1.22. The molecule has 0 heterocycles. The van der Waals surface area contributed by atoms with E-state index in [1.165, 1.54) is 11.6 Å². The second-order valence-corrected chi connectivity index (χ2v) is 0.763. The molecule has 0 fully saturated rings. The first-order valence-corrected chi connectivity index (χ1v) is 1.65. The fourth-order valence-electron chi connectivity index (χ4n) is 0.0420. The molecule has 0 aliphatic rings. The van der Waals surface area contributed by atoms with Gasteiger partial charge in [0.15, 0.2) is 0 Å². The summed E-state index contributed by atoms with van der Waals surface area (Å²) in [5, 5.41) is 0. The molecule has 5 heavy (non-hydrogen) atoms. The van der Waals surface area contributed by atoms with Crippen LogP contribution in [0, 0.1) is 6.58 Å². The summed E-state index contributed by atoms with van der Waals surface area (Å²) in [5.74, 6) is 0. The van der Waals surface area contributed by atoms with Crippen molar-refractivity contribution >= 4 is 11.6 Å². The predicted octanol–water partition coefficient (Wildman–Crippen LogP) is 1.73. The number of halogens is 1. The lowest BCUT2D eigenvalue weighted by Crippen LogP contribution is -1.29. The molecule has 0 aromatic rings. The highest BCUT2D eigenvalue weighted by atomic mass is 35.5. The summed E-state index contributed by atoms with van der Waals surface area (Å²) < 4.78 is 0. The van der Waals surface area contributed by atoms with E-state index in [0.29, 0.717) is 0 Å². The van der Waals surface area contributed by atoms with E-state index in [0.717, 1.165) is 0 Å². The van der Waals surface area contributed by atoms with Gasteiger partial charge in [0.2, 0.25) is 0 Å². The Labute approximate surface area is 36.8 Å². The van der Waals surface area contributed by atoms with E-state index < -0.39 is 0 Å². The Hall–Kier alpha value is -0.230. The topological polar surface area (TPSA) is 0 Å². The molecular formula is C4H4Cl. The summed E-state index contributed by atoms with van der Waals surface area (Å²) in [6, 6.07) is 0. The van der Waals surface area contributed by atoms with Gasteiger partial charge in [-0.15, -0.1) is 0 Å². The van der Waals surface area contributed by atoms with Gasteiger partial charge >= 0.3 is 0 Å². The molecule has 0 unspecified atom stereocenters. The summed E-state index contributed by atoms with van der Waals surface area (Å²) in [4.78, 5) is 0. The fourth-order valence-corrected chi connectivity index (χ4v) is 0.126. The molecule has 1 radical (unpaired) electrons. The van der Waals surface area contributed by atoms with Crippen molar-refractivity contribution in [2.45, 2.75) is 0 Å². The average molecular weight is 87.5 g/mol. The molecule has 27 valence electrons. The van der Waals surface area contributed by atoms with Gasteiger partial charge in [-0.2, -0.15) is 0 Å². The molecule has 0 spiro atoms. The van der Waals surface area contributed by atoms with Crippen LogP contribution < -0.4 is 0 Å². The minimum atomic E-state index is 1.35. The molecular weight excluding hydrogens is 83.5 g/mol. The molecule has 0 atom stereocenters. The second-order valence-electron chi connectivity index (χ2n) is 0.511. The van der Waals surface area contributed by atoms with E-state index in [1.807, 2.05) is 0 Å². The summed E-state index contributed by atoms with van der Waals surface area (Å²) in [5.41, 5.74) is 1.35. The Balaban J connectivity index is 2.92. The molecule has 0 bridgehead atoms. The van der Waals surface area contributed by atoms with E-state index >= 15 is 0 Å². The summed E-state index contributed by atoms with van der Waals surface area (Å²) in [6.45, 7) is 4.84. The third kappa shape index (κ3) is 3.77. The Kier molecular flexibility index (Phi) is 3.60. The van der Waals surface area contributed by atoms with Crippen molar-refractivity contribution < 1.29 is 0 Å². The van der Waals surface area contributed by atoms with Crippen molar-refractivity contribution in [2.24, 2.45) is 0 Å². The first kappa shape index (κ1) is 4.77. The third-order valence-electron chi connectivity index (χ3n) is 0.184. The standard InChI is InChI=1S/C4H4Cl/c1-2-3-4-5/h1-4H/b2-1?,4-3+. The smallest absolute Gasteiger partial charge is 0.00424 e. The van der Waals surface area contributed by atoms with Gasteiger partial charge in [0.05, 0.1) is 0 Å². The maximum absolute atomic E-state index is 5.01. The van der Waals surface area contributed by atoms with Gasteiger partial charge in [-0.3, -0.25) is 0 Å². The molecule has 0 aliphatic heterocycles. The Morgan fingerprint density at radius 1 is 1.60 bits per heavy atom. The van der Waals surface area contributed by atoms with Crippen molar-refractivity contribution in [1.82, 2.24) is 0 Å². The van der Waals surface area contributed by atoms with Crippen LogP contribution in [0.2, 0.25) is 0 Å². The molecule has 0 N–H and O–H groups in total. The summed E-state index contributed by atoms with van der Waals surface area (Å²) in [7, 11) is 0. The van der Waals surface area contributed by atoms with E-state index in [-0.39, 0.29) is 0 Å². The molecule has 0 saturated carbocycles. The van der Waals surface area contributed by atoms with E-state index in [2.05, 4.69) is 0 Å². The van der Waals surface area contributed by atoms with Gasteiger partial charge in [-0.25, -0.2) is 0 Å². The Bertz CT molecular complexity index is 45.6. The van der Waals surface area contributed by atoms with Gasteiger partial charge in [0.1, 0.15) is 0 Å². The maximum Gasteiger partial charge on any atom is 0.00424 e. The molecule has 0 amide bonds. The van der Waals surface area contributed by atoms with Gasteiger partial charge in [-0.05, 0) is 0 Å². The van der Waals surface area contributed by atoms with Crippen molar-refractivity contribution in [1.29, 1.82) is 0 Å². The molecule has 0 aromatic heterocycles. The molecule has 0 rings (SSSR count). The molecule has 0 saturated heterocycles. The summed E-state index contributed by atoms with van der Waals surface area (Å²) in [6.07, 6.45) is 2.91. The lowest BCUT2D eigenvalue weighted by atomic mass is 10.6. The monoisotopic (exact) mass is 87.0 g/mol. The number of allylic oxidation sites excluding steroid dienone is 2. The predicted molar refractivity (Wildman–Crippen MR) is 23.9 cm³/mol. The fraction of sp³-hybridized carbons (Fsp3) is 0. The summed E-state index contributed by atoms with van der Waals surface area (Å²) >= 11 is 5.01. The van der Waals surface area contributed by atoms with Crippen LogP contribution in [0.4, 0.5) is 0 Å². The normalized spacial score (nSPS) is 9.00. The molecule has 0 nitrogen and oxygen atoms in total. The third-order valence-corrected chi connectivity index (χ3v) is 0.329. The van der Waals surface area contributed by atoms with Crippen LogP contribution >= 0.6 is 11.6 Å². The van der Waals surface area contributed by atoms with Crippen LogP contribution in [0.25, 0.3) is 0 Å². The van der Waals surface area contributed by atoms with Crippen molar-refractivity contribution in [2.75, 3.05) is 0 Å². The highest BCUT2D eigenvalue weighted by Crippen LogP contribution is 1.74. The minimum Gasteiger partial charge on any atom is -0.0930 e. The highest BCUT2D eigenvalue weighted by Gasteiger charge is 1.44. The van der Waals surface area contributed by atoms with Crippen LogP contribution in [0.1, 0.15) is 0 Å². The quantitative estimate of drug-likeness (QED) is 0.427. The zero-order valence-electron chi connectivity index (χ0n) is 2.69. The zero-order valence-corrected chi connectivity index (χ0v) is 3.44. The van der Waals surface area contributed by atoms with E-state index in [1.54, 1.807) is 6.08 Å². The lowest BCUT2D eigenvalue weighted by Gasteiger charge is -1.53. The molecule has 0 aromatic carbocycles. The van der Waals surface area contributed by atoms with Crippen LogP contribution in [-0.4, -0.2) is 0 Å². The van der Waals surface area contributed by atoms with Gasteiger partial charge in [0, 0.05) is 5.54 Å². The zero-order chi connectivity index (χ0) is 4.12. The second kappa shape index (κ2) is 3.77. The van der Waals surface area contributed by atoms with Crippen molar-refractivity contribution in [3.63, 3.8) is 0 Å². The van der Waals surface area contributed by atoms with Crippen LogP contribution in [0.3, 0.4) is 0 Å². The van der Waals surface area contributed by atoms with Gasteiger partial charge in [0.25, 0.3) is 0 Å². The van der Waals surface area contributed by atoms with Crippen molar-refractivity contribution in [3.05, 3.63) is 24.3 Å². The number of hydrogen-bond acceptors (Lipinski definition) is 0. The lowest BCUT2D eigenvalue weighted by molar-refractivity contribution is 2.08. The first-order chi connectivity index (χ1) is 2.41. The minimum absolute atomic E-state index is 1.35. The SMILES string of the molecule is [CH]=C/C=C/Cl. The van der Waals surface area contributed by atoms with E-state index in [4.69, 9.17) is 18.2 Å². The van der Waals surface area contributed by atoms with Crippen LogP contribution in [0.5, 0.6) is 0 Å². The van der Waals surface area contributed by atoms with Crippen LogP contribution in [0.15, 0.2) is 17.7 Å². The number of hydrogen-bond donors (Lipinski definition) is 0. The van der Waals surface area contributed by atoms with Gasteiger partial charge in [-0.1, -0.05) is 30.3 Å². The molecule has 1 heteroatoms. The highest BCUT2D eigenvalue weighted by molar-refractivity contribution is 6.25. The Morgan fingerprint density at radius 3 is 2.20 bits per heavy atom. The molecule has 0 aliphatic carbocycles. The van der Waals surface area contributed by atoms with Crippen molar-refractivity contribution in [3.8, 4) is 0 Å². The number of rotatable bonds is 1. The van der Waals surface area contributed by atoms with Crippen LogP contribution in [-0.2, 0) is 0 Å². The average Bonchev–Trinajstić information content (AvgIpc) is 1.41. The largest absolute Gasteiger partial charge is 0.0930 e.